The molecule has 0 radical (unpaired) electrons. The Balaban J connectivity index is 2.23. The summed E-state index contributed by atoms with van der Waals surface area (Å²) in [5.41, 5.74) is 8.47. The summed E-state index contributed by atoms with van der Waals surface area (Å²) in [6.45, 7) is 4.26. The number of nitrogens with two attached hydrogens (primary N) is 1. The van der Waals surface area contributed by atoms with Crippen LogP contribution in [0, 0.1) is 12.8 Å². The maximum absolute atomic E-state index is 10.5. The minimum Gasteiger partial charge on any atom is -0.481 e. The summed E-state index contributed by atoms with van der Waals surface area (Å²) in [5, 5.41) is 8.67. The highest BCUT2D eigenvalue weighted by Crippen LogP contribution is 2.16. The van der Waals surface area contributed by atoms with Crippen molar-refractivity contribution in [3.05, 3.63) is 35.4 Å². The van der Waals surface area contributed by atoms with E-state index in [9.17, 15) is 4.79 Å². The topological polar surface area (TPSA) is 63.3 Å². The molecule has 0 fully saturated rings. The number of hydrogen-bond acceptors (Lipinski definition) is 2. The Labute approximate surface area is 115 Å². The van der Waals surface area contributed by atoms with Gasteiger partial charge in [0.1, 0.15) is 0 Å². The van der Waals surface area contributed by atoms with Crippen molar-refractivity contribution in [2.24, 2.45) is 11.7 Å². The second kappa shape index (κ2) is 7.95. The standard InChI is InChI=1S/C16H25NO2/c1-12-5-3-7-14(9-12)8-4-6-13(2)10-15(17)11-16(18)19/h3,5,7,9,13,15H,4,6,8,10-11,17H2,1-2H3,(H,18,19)/t13-,15?/m0/s1. The third-order valence-corrected chi connectivity index (χ3v) is 3.39. The molecule has 3 heteroatoms. The third kappa shape index (κ3) is 6.97. The predicted molar refractivity (Wildman–Crippen MR) is 78.1 cm³/mol. The number of carbonyl (C=O) groups is 1. The van der Waals surface area contributed by atoms with Crippen LogP contribution in [0.15, 0.2) is 24.3 Å². The van der Waals surface area contributed by atoms with Crippen molar-refractivity contribution in [3.8, 4) is 0 Å². The Morgan fingerprint density at radius 2 is 2.16 bits per heavy atom. The minimum absolute atomic E-state index is 0.0716. The molecule has 19 heavy (non-hydrogen) atoms. The quantitative estimate of drug-likeness (QED) is 0.757. The fourth-order valence-corrected chi connectivity index (χ4v) is 2.46. The van der Waals surface area contributed by atoms with E-state index in [1.807, 2.05) is 0 Å². The number of carboxylic acid groups (broad SMARTS) is 1. The minimum atomic E-state index is -0.806. The Morgan fingerprint density at radius 3 is 2.79 bits per heavy atom. The molecular weight excluding hydrogens is 238 g/mol. The SMILES string of the molecule is Cc1cccc(CCC[C@H](C)CC(N)CC(=O)O)c1. The average Bonchev–Trinajstić information content (AvgIpc) is 2.27. The van der Waals surface area contributed by atoms with Crippen LogP contribution in [0.3, 0.4) is 0 Å². The van der Waals surface area contributed by atoms with Crippen LogP contribution in [0.4, 0.5) is 0 Å². The van der Waals surface area contributed by atoms with Crippen molar-refractivity contribution < 1.29 is 9.90 Å². The molecule has 3 nitrogen and oxygen atoms in total. The van der Waals surface area contributed by atoms with E-state index >= 15 is 0 Å². The van der Waals surface area contributed by atoms with Crippen LogP contribution >= 0.6 is 0 Å². The number of hydrogen-bond donors (Lipinski definition) is 2. The maximum atomic E-state index is 10.5. The van der Waals surface area contributed by atoms with Crippen LogP contribution in [-0.2, 0) is 11.2 Å². The van der Waals surface area contributed by atoms with E-state index in [0.29, 0.717) is 5.92 Å². The van der Waals surface area contributed by atoms with Gasteiger partial charge in [-0.2, -0.15) is 0 Å². The van der Waals surface area contributed by atoms with Crippen LogP contribution < -0.4 is 5.73 Å². The zero-order valence-electron chi connectivity index (χ0n) is 11.9. The van der Waals surface area contributed by atoms with Crippen molar-refractivity contribution >= 4 is 5.97 Å². The Hall–Kier alpha value is -1.35. The molecule has 0 saturated heterocycles. The van der Waals surface area contributed by atoms with E-state index in [-0.39, 0.29) is 12.5 Å². The third-order valence-electron chi connectivity index (χ3n) is 3.39. The van der Waals surface area contributed by atoms with Crippen molar-refractivity contribution in [1.29, 1.82) is 0 Å². The Bertz CT molecular complexity index is 403. The zero-order chi connectivity index (χ0) is 14.3. The molecule has 0 aliphatic rings. The Morgan fingerprint density at radius 1 is 1.42 bits per heavy atom. The first-order valence-electron chi connectivity index (χ1n) is 7.00. The first-order chi connectivity index (χ1) is 8.97. The van der Waals surface area contributed by atoms with Crippen LogP contribution in [0.5, 0.6) is 0 Å². The number of benzene rings is 1. The van der Waals surface area contributed by atoms with Gasteiger partial charge in [-0.15, -0.1) is 0 Å². The second-order valence-electron chi connectivity index (χ2n) is 5.58. The maximum Gasteiger partial charge on any atom is 0.304 e. The average molecular weight is 263 g/mol. The zero-order valence-corrected chi connectivity index (χ0v) is 11.9. The van der Waals surface area contributed by atoms with Gasteiger partial charge in [-0.1, -0.05) is 43.2 Å². The largest absolute Gasteiger partial charge is 0.481 e. The lowest BCUT2D eigenvalue weighted by molar-refractivity contribution is -0.137. The lowest BCUT2D eigenvalue weighted by atomic mass is 9.94. The molecule has 0 heterocycles. The van der Waals surface area contributed by atoms with Crippen molar-refractivity contribution in [2.75, 3.05) is 0 Å². The molecule has 0 aliphatic carbocycles. The summed E-state index contributed by atoms with van der Waals surface area (Å²) in [6.07, 6.45) is 4.17. The van der Waals surface area contributed by atoms with Gasteiger partial charge < -0.3 is 10.8 Å². The van der Waals surface area contributed by atoms with Gasteiger partial charge in [0.05, 0.1) is 6.42 Å². The first-order valence-corrected chi connectivity index (χ1v) is 7.00. The Kier molecular flexibility index (Phi) is 6.57. The van der Waals surface area contributed by atoms with Crippen molar-refractivity contribution in [3.63, 3.8) is 0 Å². The number of aliphatic carboxylic acids is 1. The highest BCUT2D eigenvalue weighted by atomic mass is 16.4. The fourth-order valence-electron chi connectivity index (χ4n) is 2.46. The summed E-state index contributed by atoms with van der Waals surface area (Å²) >= 11 is 0. The molecule has 0 aliphatic heterocycles. The van der Waals surface area contributed by atoms with Gasteiger partial charge in [-0.25, -0.2) is 0 Å². The van der Waals surface area contributed by atoms with Gasteiger partial charge >= 0.3 is 5.97 Å². The molecule has 1 aromatic rings. The molecule has 106 valence electrons. The van der Waals surface area contributed by atoms with E-state index in [1.165, 1.54) is 11.1 Å². The smallest absolute Gasteiger partial charge is 0.304 e. The number of rotatable bonds is 8. The van der Waals surface area contributed by atoms with Gasteiger partial charge in [-0.05, 0) is 37.7 Å². The lowest BCUT2D eigenvalue weighted by Gasteiger charge is -2.15. The van der Waals surface area contributed by atoms with Crippen molar-refractivity contribution in [2.45, 2.75) is 52.0 Å². The van der Waals surface area contributed by atoms with Crippen LogP contribution in [0.2, 0.25) is 0 Å². The van der Waals surface area contributed by atoms with Gasteiger partial charge in [0, 0.05) is 6.04 Å². The number of aryl methyl sites for hydroxylation is 2. The van der Waals surface area contributed by atoms with Gasteiger partial charge in [0.2, 0.25) is 0 Å². The van der Waals surface area contributed by atoms with Crippen LogP contribution in [-0.4, -0.2) is 17.1 Å². The molecule has 2 atom stereocenters. The highest BCUT2D eigenvalue weighted by molar-refractivity contribution is 5.67. The second-order valence-corrected chi connectivity index (χ2v) is 5.58. The van der Waals surface area contributed by atoms with E-state index in [4.69, 9.17) is 10.8 Å². The van der Waals surface area contributed by atoms with E-state index in [2.05, 4.69) is 38.1 Å². The van der Waals surface area contributed by atoms with Gasteiger partial charge in [0.15, 0.2) is 0 Å². The fraction of sp³-hybridized carbons (Fsp3) is 0.562. The molecule has 1 aromatic carbocycles. The van der Waals surface area contributed by atoms with Gasteiger partial charge in [0.25, 0.3) is 0 Å². The summed E-state index contributed by atoms with van der Waals surface area (Å²) in [7, 11) is 0. The molecule has 0 bridgehead atoms. The molecule has 1 rings (SSSR count). The number of carboxylic acids is 1. The monoisotopic (exact) mass is 263 g/mol. The van der Waals surface area contributed by atoms with Crippen molar-refractivity contribution in [1.82, 2.24) is 0 Å². The van der Waals surface area contributed by atoms with Crippen LogP contribution in [0.1, 0.15) is 43.7 Å². The van der Waals surface area contributed by atoms with Gasteiger partial charge in [-0.3, -0.25) is 4.79 Å². The molecule has 0 spiro atoms. The normalized spacial score (nSPS) is 14.1. The highest BCUT2D eigenvalue weighted by Gasteiger charge is 2.12. The molecule has 0 amide bonds. The lowest BCUT2D eigenvalue weighted by Crippen LogP contribution is -2.26. The van der Waals surface area contributed by atoms with E-state index in [1.54, 1.807) is 0 Å². The molecule has 3 N–H and O–H groups in total. The summed E-state index contributed by atoms with van der Waals surface area (Å²) in [6, 6.07) is 8.37. The summed E-state index contributed by atoms with van der Waals surface area (Å²) < 4.78 is 0. The molecule has 0 aromatic heterocycles. The molecular formula is C16H25NO2. The predicted octanol–water partition coefficient (Wildman–Crippen LogP) is 3.15. The molecule has 0 saturated carbocycles. The van der Waals surface area contributed by atoms with E-state index < -0.39 is 5.97 Å². The molecule has 1 unspecified atom stereocenters. The summed E-state index contributed by atoms with van der Waals surface area (Å²) in [4.78, 5) is 10.5. The summed E-state index contributed by atoms with van der Waals surface area (Å²) in [5.74, 6) is -0.321. The van der Waals surface area contributed by atoms with Crippen LogP contribution in [0.25, 0.3) is 0 Å². The van der Waals surface area contributed by atoms with E-state index in [0.717, 1.165) is 25.7 Å². The first kappa shape index (κ1) is 15.7.